The van der Waals surface area contributed by atoms with Crippen molar-refractivity contribution >= 4 is 11.7 Å². The van der Waals surface area contributed by atoms with E-state index in [9.17, 15) is 4.79 Å². The number of amides is 2. The maximum atomic E-state index is 11.8. The molecule has 0 atom stereocenters. The number of benzene rings is 1. The minimum atomic E-state index is -0.153. The van der Waals surface area contributed by atoms with Crippen molar-refractivity contribution in [3.8, 4) is 0 Å². The van der Waals surface area contributed by atoms with Crippen molar-refractivity contribution in [2.24, 2.45) is 0 Å². The normalized spacial score (nSPS) is 10.3. The molecule has 0 saturated carbocycles. The van der Waals surface area contributed by atoms with Gasteiger partial charge in [0.25, 0.3) is 0 Å². The molecule has 0 aromatic heterocycles. The summed E-state index contributed by atoms with van der Waals surface area (Å²) in [5.74, 6) is 0. The molecule has 0 aliphatic rings. The molecule has 4 nitrogen and oxygen atoms in total. The number of nitrogens with one attached hydrogen (secondary N) is 2. The topological polar surface area (TPSA) is 50.4 Å². The molecule has 0 fully saturated rings. The van der Waals surface area contributed by atoms with Crippen LogP contribution < -0.4 is 10.6 Å². The number of anilines is 1. The summed E-state index contributed by atoms with van der Waals surface area (Å²) in [7, 11) is 0. The lowest BCUT2D eigenvalue weighted by Gasteiger charge is -2.11. The average molecular weight is 278 g/mol. The molecule has 0 aliphatic heterocycles. The molecular formula is C16H26N2O2. The molecule has 1 rings (SSSR count). The van der Waals surface area contributed by atoms with E-state index in [1.165, 1.54) is 0 Å². The highest BCUT2D eigenvalue weighted by Gasteiger charge is 2.04. The zero-order valence-corrected chi connectivity index (χ0v) is 12.6. The molecule has 4 heteroatoms. The number of carbonyl (C=O) groups excluding carboxylic acids is 1. The summed E-state index contributed by atoms with van der Waals surface area (Å²) in [4.78, 5) is 11.8. The van der Waals surface area contributed by atoms with Crippen LogP contribution in [0.5, 0.6) is 0 Å². The number of urea groups is 1. The van der Waals surface area contributed by atoms with Crippen LogP contribution in [-0.4, -0.2) is 25.8 Å². The zero-order valence-electron chi connectivity index (χ0n) is 12.6. The number of ether oxygens (including phenoxy) is 1. The molecule has 0 heterocycles. The maximum Gasteiger partial charge on any atom is 0.319 e. The molecule has 0 aliphatic carbocycles. The van der Waals surface area contributed by atoms with E-state index in [1.54, 1.807) is 0 Å². The van der Waals surface area contributed by atoms with Crippen LogP contribution in [0, 0.1) is 0 Å². The van der Waals surface area contributed by atoms with Gasteiger partial charge >= 0.3 is 6.03 Å². The van der Waals surface area contributed by atoms with Crippen molar-refractivity contribution in [1.29, 1.82) is 0 Å². The Hall–Kier alpha value is -1.55. The van der Waals surface area contributed by atoms with Gasteiger partial charge in [-0.1, -0.05) is 38.5 Å². The molecule has 20 heavy (non-hydrogen) atoms. The molecule has 0 unspecified atom stereocenters. The van der Waals surface area contributed by atoms with E-state index in [2.05, 4.69) is 24.5 Å². The van der Waals surface area contributed by atoms with Crippen molar-refractivity contribution in [3.63, 3.8) is 0 Å². The van der Waals surface area contributed by atoms with Crippen molar-refractivity contribution in [3.05, 3.63) is 29.8 Å². The van der Waals surface area contributed by atoms with Gasteiger partial charge in [-0.2, -0.15) is 0 Å². The monoisotopic (exact) mass is 278 g/mol. The highest BCUT2D eigenvalue weighted by Crippen LogP contribution is 2.14. The van der Waals surface area contributed by atoms with Crippen molar-refractivity contribution < 1.29 is 9.53 Å². The van der Waals surface area contributed by atoms with Crippen LogP contribution in [-0.2, 0) is 11.2 Å². The Morgan fingerprint density at radius 2 is 1.90 bits per heavy atom. The van der Waals surface area contributed by atoms with Gasteiger partial charge in [-0.3, -0.25) is 0 Å². The SMILES string of the molecule is CCCCOCCCNC(=O)Nc1ccccc1CC. The van der Waals surface area contributed by atoms with Gasteiger partial charge in [-0.25, -0.2) is 4.79 Å². The predicted molar refractivity (Wildman–Crippen MR) is 83.2 cm³/mol. The fourth-order valence-electron chi connectivity index (χ4n) is 1.84. The third-order valence-corrected chi connectivity index (χ3v) is 3.04. The van der Waals surface area contributed by atoms with E-state index >= 15 is 0 Å². The number of rotatable bonds is 9. The molecule has 0 spiro atoms. The molecule has 0 radical (unpaired) electrons. The number of aryl methyl sites for hydroxylation is 1. The number of hydrogen-bond acceptors (Lipinski definition) is 2. The second kappa shape index (κ2) is 10.3. The molecular weight excluding hydrogens is 252 g/mol. The Labute approximate surface area is 121 Å². The number of hydrogen-bond donors (Lipinski definition) is 2. The van der Waals surface area contributed by atoms with E-state index < -0.39 is 0 Å². The summed E-state index contributed by atoms with van der Waals surface area (Å²) >= 11 is 0. The van der Waals surface area contributed by atoms with Gasteiger partial charge in [-0.15, -0.1) is 0 Å². The van der Waals surface area contributed by atoms with Crippen LogP contribution in [0.4, 0.5) is 10.5 Å². The van der Waals surface area contributed by atoms with E-state index in [1.807, 2.05) is 24.3 Å². The lowest BCUT2D eigenvalue weighted by molar-refractivity contribution is 0.129. The third kappa shape index (κ3) is 6.57. The van der Waals surface area contributed by atoms with Gasteiger partial charge in [0, 0.05) is 25.4 Å². The number of para-hydroxylation sites is 1. The minimum absolute atomic E-state index is 0.153. The Balaban J connectivity index is 2.17. The Morgan fingerprint density at radius 3 is 2.65 bits per heavy atom. The number of unbranched alkanes of at least 4 members (excludes halogenated alkanes) is 1. The maximum absolute atomic E-state index is 11.8. The van der Waals surface area contributed by atoms with E-state index in [0.29, 0.717) is 13.2 Å². The molecule has 112 valence electrons. The van der Waals surface area contributed by atoms with Crippen LogP contribution in [0.2, 0.25) is 0 Å². The predicted octanol–water partition coefficient (Wildman–Crippen LogP) is 3.58. The van der Waals surface area contributed by atoms with Gasteiger partial charge in [0.1, 0.15) is 0 Å². The first-order valence-electron chi connectivity index (χ1n) is 7.48. The first kappa shape index (κ1) is 16.5. The van der Waals surface area contributed by atoms with Crippen LogP contribution in [0.3, 0.4) is 0 Å². The molecule has 2 amide bonds. The second-order valence-electron chi connectivity index (χ2n) is 4.71. The van der Waals surface area contributed by atoms with Gasteiger partial charge < -0.3 is 15.4 Å². The van der Waals surface area contributed by atoms with Crippen molar-refractivity contribution in [2.75, 3.05) is 25.1 Å². The first-order chi connectivity index (χ1) is 9.77. The second-order valence-corrected chi connectivity index (χ2v) is 4.71. The van der Waals surface area contributed by atoms with Crippen LogP contribution in [0.1, 0.15) is 38.7 Å². The molecule has 1 aromatic rings. The zero-order chi connectivity index (χ0) is 14.6. The summed E-state index contributed by atoms with van der Waals surface area (Å²) in [6.45, 7) is 6.36. The van der Waals surface area contributed by atoms with Gasteiger partial charge in [-0.05, 0) is 30.9 Å². The smallest absolute Gasteiger partial charge is 0.319 e. The molecule has 0 saturated heterocycles. The van der Waals surface area contributed by atoms with Crippen molar-refractivity contribution in [2.45, 2.75) is 39.5 Å². The number of carbonyl (C=O) groups is 1. The molecule has 2 N–H and O–H groups in total. The van der Waals surface area contributed by atoms with Gasteiger partial charge in [0.2, 0.25) is 0 Å². The highest BCUT2D eigenvalue weighted by atomic mass is 16.5. The third-order valence-electron chi connectivity index (χ3n) is 3.04. The fraction of sp³-hybridized carbons (Fsp3) is 0.562. The average Bonchev–Trinajstić information content (AvgIpc) is 2.47. The Kier molecular flexibility index (Phi) is 8.47. The standard InChI is InChI=1S/C16H26N2O2/c1-3-5-12-20-13-8-11-17-16(19)18-15-10-7-6-9-14(15)4-2/h6-7,9-10H,3-5,8,11-13H2,1-2H3,(H2,17,18,19). The summed E-state index contributed by atoms with van der Waals surface area (Å²) < 4.78 is 5.44. The first-order valence-corrected chi connectivity index (χ1v) is 7.48. The van der Waals surface area contributed by atoms with E-state index in [-0.39, 0.29) is 6.03 Å². The van der Waals surface area contributed by atoms with E-state index in [0.717, 1.165) is 43.5 Å². The Bertz CT molecular complexity index is 394. The van der Waals surface area contributed by atoms with Crippen LogP contribution in [0.25, 0.3) is 0 Å². The molecule has 1 aromatic carbocycles. The largest absolute Gasteiger partial charge is 0.381 e. The summed E-state index contributed by atoms with van der Waals surface area (Å²) in [6.07, 6.45) is 3.99. The highest BCUT2D eigenvalue weighted by molar-refractivity contribution is 5.90. The van der Waals surface area contributed by atoms with Crippen LogP contribution in [0.15, 0.2) is 24.3 Å². The van der Waals surface area contributed by atoms with Crippen LogP contribution >= 0.6 is 0 Å². The van der Waals surface area contributed by atoms with Gasteiger partial charge in [0.05, 0.1) is 0 Å². The quantitative estimate of drug-likeness (QED) is 0.678. The summed E-state index contributed by atoms with van der Waals surface area (Å²) in [5.41, 5.74) is 2.03. The summed E-state index contributed by atoms with van der Waals surface area (Å²) in [5, 5.41) is 5.73. The Morgan fingerprint density at radius 1 is 1.15 bits per heavy atom. The van der Waals surface area contributed by atoms with Crippen molar-refractivity contribution in [1.82, 2.24) is 5.32 Å². The lowest BCUT2D eigenvalue weighted by atomic mass is 10.1. The fourth-order valence-corrected chi connectivity index (χ4v) is 1.84. The minimum Gasteiger partial charge on any atom is -0.381 e. The molecule has 0 bridgehead atoms. The lowest BCUT2D eigenvalue weighted by Crippen LogP contribution is -2.30. The van der Waals surface area contributed by atoms with E-state index in [4.69, 9.17) is 4.74 Å². The summed E-state index contributed by atoms with van der Waals surface area (Å²) in [6, 6.07) is 7.70. The van der Waals surface area contributed by atoms with Gasteiger partial charge in [0.15, 0.2) is 0 Å².